The average molecular weight is 270 g/mol. The standard InChI is InChI=1S/C17H22N2O/c18-15-3-1-2-12(10-15)4-9-17(20)19-11-16(13-5-6-13)14-7-8-14/h1-4,9-10,13-14,16H,5-8,11,18H2,(H,19,20)/b9-4+. The van der Waals surface area contributed by atoms with Crippen LogP contribution in [0.3, 0.4) is 0 Å². The normalized spacial score (nSPS) is 18.6. The second-order valence-corrected chi connectivity index (χ2v) is 6.09. The number of nitrogens with one attached hydrogen (secondary N) is 1. The summed E-state index contributed by atoms with van der Waals surface area (Å²) < 4.78 is 0. The summed E-state index contributed by atoms with van der Waals surface area (Å²) in [5.74, 6) is 2.47. The van der Waals surface area contributed by atoms with Gasteiger partial charge in [-0.05, 0) is 67.2 Å². The van der Waals surface area contributed by atoms with Gasteiger partial charge in [0.25, 0.3) is 0 Å². The Morgan fingerprint density at radius 1 is 1.30 bits per heavy atom. The van der Waals surface area contributed by atoms with Crippen LogP contribution >= 0.6 is 0 Å². The van der Waals surface area contributed by atoms with E-state index in [1.165, 1.54) is 25.7 Å². The highest BCUT2D eigenvalue weighted by molar-refractivity contribution is 5.91. The zero-order chi connectivity index (χ0) is 13.9. The first-order valence-electron chi connectivity index (χ1n) is 7.54. The molecule has 0 aliphatic heterocycles. The molecule has 20 heavy (non-hydrogen) atoms. The molecule has 0 radical (unpaired) electrons. The van der Waals surface area contributed by atoms with Gasteiger partial charge in [-0.25, -0.2) is 0 Å². The van der Waals surface area contributed by atoms with Crippen LogP contribution in [0.2, 0.25) is 0 Å². The van der Waals surface area contributed by atoms with Crippen LogP contribution < -0.4 is 11.1 Å². The van der Waals surface area contributed by atoms with Gasteiger partial charge in [-0.1, -0.05) is 12.1 Å². The summed E-state index contributed by atoms with van der Waals surface area (Å²) in [4.78, 5) is 11.9. The first kappa shape index (κ1) is 13.2. The molecule has 0 aromatic heterocycles. The molecule has 2 fully saturated rings. The summed E-state index contributed by atoms with van der Waals surface area (Å²) in [7, 11) is 0. The number of benzene rings is 1. The van der Waals surface area contributed by atoms with E-state index in [0.717, 1.165) is 35.5 Å². The van der Waals surface area contributed by atoms with Gasteiger partial charge in [0.05, 0.1) is 0 Å². The molecule has 2 aliphatic carbocycles. The van der Waals surface area contributed by atoms with E-state index in [1.54, 1.807) is 6.08 Å². The Kier molecular flexibility index (Phi) is 3.77. The first-order valence-corrected chi connectivity index (χ1v) is 7.54. The van der Waals surface area contributed by atoms with Gasteiger partial charge < -0.3 is 11.1 Å². The van der Waals surface area contributed by atoms with Crippen LogP contribution in [0.4, 0.5) is 5.69 Å². The minimum atomic E-state index is -0.00118. The van der Waals surface area contributed by atoms with Crippen molar-refractivity contribution in [2.75, 3.05) is 12.3 Å². The minimum Gasteiger partial charge on any atom is -0.399 e. The summed E-state index contributed by atoms with van der Waals surface area (Å²) in [6.45, 7) is 0.843. The molecule has 1 aromatic rings. The Bertz CT molecular complexity index is 503. The quantitative estimate of drug-likeness (QED) is 0.617. The van der Waals surface area contributed by atoms with Crippen LogP contribution in [-0.4, -0.2) is 12.5 Å². The molecule has 0 bridgehead atoms. The number of hydrogen-bond donors (Lipinski definition) is 2. The van der Waals surface area contributed by atoms with Crippen LogP contribution in [0, 0.1) is 17.8 Å². The molecule has 0 spiro atoms. The zero-order valence-corrected chi connectivity index (χ0v) is 11.7. The minimum absolute atomic E-state index is 0.00118. The summed E-state index contributed by atoms with van der Waals surface area (Å²) in [6, 6.07) is 7.54. The molecule has 106 valence electrons. The van der Waals surface area contributed by atoms with E-state index in [9.17, 15) is 4.79 Å². The van der Waals surface area contributed by atoms with Crippen molar-refractivity contribution in [3.8, 4) is 0 Å². The summed E-state index contributed by atoms with van der Waals surface area (Å²) >= 11 is 0. The molecule has 0 unspecified atom stereocenters. The maximum Gasteiger partial charge on any atom is 0.244 e. The third-order valence-corrected chi connectivity index (χ3v) is 4.30. The zero-order valence-electron chi connectivity index (χ0n) is 11.7. The maximum atomic E-state index is 11.9. The number of carbonyl (C=O) groups excluding carboxylic acids is 1. The van der Waals surface area contributed by atoms with Crippen molar-refractivity contribution >= 4 is 17.7 Å². The molecule has 1 amide bonds. The van der Waals surface area contributed by atoms with Crippen molar-refractivity contribution in [2.24, 2.45) is 17.8 Å². The number of nitrogens with two attached hydrogens (primary N) is 1. The third kappa shape index (κ3) is 3.62. The molecular formula is C17H22N2O. The number of carbonyl (C=O) groups is 1. The molecule has 3 N–H and O–H groups in total. The Morgan fingerprint density at radius 3 is 2.60 bits per heavy atom. The Labute approximate surface area is 120 Å². The lowest BCUT2D eigenvalue weighted by Crippen LogP contribution is -2.29. The molecule has 0 atom stereocenters. The van der Waals surface area contributed by atoms with Gasteiger partial charge in [0.15, 0.2) is 0 Å². The molecule has 3 nitrogen and oxygen atoms in total. The Morgan fingerprint density at radius 2 is 2.00 bits per heavy atom. The molecular weight excluding hydrogens is 248 g/mol. The fourth-order valence-corrected chi connectivity index (χ4v) is 2.88. The lowest BCUT2D eigenvalue weighted by molar-refractivity contribution is -0.116. The molecule has 3 rings (SSSR count). The van der Waals surface area contributed by atoms with Crippen LogP contribution in [-0.2, 0) is 4.79 Å². The van der Waals surface area contributed by atoms with Crippen molar-refractivity contribution in [1.82, 2.24) is 5.32 Å². The smallest absolute Gasteiger partial charge is 0.244 e. The number of amides is 1. The number of anilines is 1. The van der Waals surface area contributed by atoms with Gasteiger partial charge in [0, 0.05) is 18.3 Å². The maximum absolute atomic E-state index is 11.9. The molecule has 2 saturated carbocycles. The van der Waals surface area contributed by atoms with E-state index < -0.39 is 0 Å². The predicted octanol–water partition coefficient (Wildman–Crippen LogP) is 2.83. The second-order valence-electron chi connectivity index (χ2n) is 6.09. The fourth-order valence-electron chi connectivity index (χ4n) is 2.88. The summed E-state index contributed by atoms with van der Waals surface area (Å²) in [5.41, 5.74) is 7.39. The average Bonchev–Trinajstić information content (AvgIpc) is 3.29. The monoisotopic (exact) mass is 270 g/mol. The van der Waals surface area contributed by atoms with Crippen molar-refractivity contribution < 1.29 is 4.79 Å². The molecule has 2 aliphatic rings. The SMILES string of the molecule is Nc1cccc(/C=C/C(=O)NCC(C2CC2)C2CC2)c1. The second kappa shape index (κ2) is 5.70. The highest BCUT2D eigenvalue weighted by atomic mass is 16.1. The van der Waals surface area contributed by atoms with E-state index in [-0.39, 0.29) is 5.91 Å². The van der Waals surface area contributed by atoms with Gasteiger partial charge in [0.1, 0.15) is 0 Å². The highest BCUT2D eigenvalue weighted by Crippen LogP contribution is 2.48. The van der Waals surface area contributed by atoms with Crippen molar-refractivity contribution in [1.29, 1.82) is 0 Å². The van der Waals surface area contributed by atoms with Gasteiger partial charge in [-0.3, -0.25) is 4.79 Å². The van der Waals surface area contributed by atoms with Crippen LogP contribution in [0.25, 0.3) is 6.08 Å². The number of nitrogen functional groups attached to an aromatic ring is 1. The van der Waals surface area contributed by atoms with E-state index in [4.69, 9.17) is 5.73 Å². The van der Waals surface area contributed by atoms with E-state index in [2.05, 4.69) is 5.32 Å². The van der Waals surface area contributed by atoms with Gasteiger partial charge in [-0.15, -0.1) is 0 Å². The van der Waals surface area contributed by atoms with Gasteiger partial charge in [0.2, 0.25) is 5.91 Å². The molecule has 3 heteroatoms. The van der Waals surface area contributed by atoms with E-state index in [0.29, 0.717) is 0 Å². The van der Waals surface area contributed by atoms with Crippen LogP contribution in [0.1, 0.15) is 31.2 Å². The van der Waals surface area contributed by atoms with Crippen LogP contribution in [0.15, 0.2) is 30.3 Å². The fraction of sp³-hybridized carbons (Fsp3) is 0.471. The van der Waals surface area contributed by atoms with Crippen LogP contribution in [0.5, 0.6) is 0 Å². The van der Waals surface area contributed by atoms with E-state index in [1.807, 2.05) is 30.3 Å². The van der Waals surface area contributed by atoms with E-state index >= 15 is 0 Å². The third-order valence-electron chi connectivity index (χ3n) is 4.30. The topological polar surface area (TPSA) is 55.1 Å². The van der Waals surface area contributed by atoms with Crippen molar-refractivity contribution in [3.63, 3.8) is 0 Å². The van der Waals surface area contributed by atoms with Crippen molar-refractivity contribution in [2.45, 2.75) is 25.7 Å². The first-order chi connectivity index (χ1) is 9.72. The predicted molar refractivity (Wildman–Crippen MR) is 81.8 cm³/mol. The summed E-state index contributed by atoms with van der Waals surface area (Å²) in [5, 5.41) is 3.05. The lowest BCUT2D eigenvalue weighted by atomic mass is 9.98. The Hall–Kier alpha value is -1.77. The Balaban J connectivity index is 1.49. The summed E-state index contributed by atoms with van der Waals surface area (Å²) in [6.07, 6.45) is 8.85. The van der Waals surface area contributed by atoms with Gasteiger partial charge in [-0.2, -0.15) is 0 Å². The molecule has 0 saturated heterocycles. The lowest BCUT2D eigenvalue weighted by Gasteiger charge is -2.15. The van der Waals surface area contributed by atoms with Gasteiger partial charge >= 0.3 is 0 Å². The molecule has 0 heterocycles. The highest BCUT2D eigenvalue weighted by Gasteiger charge is 2.41. The number of rotatable bonds is 6. The van der Waals surface area contributed by atoms with Crippen molar-refractivity contribution in [3.05, 3.63) is 35.9 Å². The molecule has 1 aromatic carbocycles. The number of hydrogen-bond acceptors (Lipinski definition) is 2. The largest absolute Gasteiger partial charge is 0.399 e.